The maximum Gasteiger partial charge on any atom is 0.243 e. The Labute approximate surface area is 88.4 Å². The Morgan fingerprint density at radius 1 is 1.53 bits per heavy atom. The molecule has 0 radical (unpaired) electrons. The fourth-order valence-corrected chi connectivity index (χ4v) is 1.55. The number of rotatable bonds is 3. The summed E-state index contributed by atoms with van der Waals surface area (Å²) in [5.74, 6) is 1.17. The van der Waals surface area contributed by atoms with Gasteiger partial charge < -0.3 is 19.5 Å². The maximum absolute atomic E-state index is 5.42. The van der Waals surface area contributed by atoms with Crippen molar-refractivity contribution in [3.63, 3.8) is 0 Å². The highest BCUT2D eigenvalue weighted by Gasteiger charge is 2.39. The summed E-state index contributed by atoms with van der Waals surface area (Å²) in [6.07, 6.45) is 5.51. The van der Waals surface area contributed by atoms with E-state index in [-0.39, 0.29) is 0 Å². The van der Waals surface area contributed by atoms with Gasteiger partial charge in [0.1, 0.15) is 6.61 Å². The van der Waals surface area contributed by atoms with Crippen molar-refractivity contribution >= 4 is 5.90 Å². The van der Waals surface area contributed by atoms with Crippen LogP contribution >= 0.6 is 0 Å². The number of ether oxygens (including phenoxy) is 3. The van der Waals surface area contributed by atoms with Gasteiger partial charge >= 0.3 is 0 Å². The van der Waals surface area contributed by atoms with E-state index < -0.39 is 5.72 Å². The normalized spacial score (nSPS) is 28.9. The molecule has 0 aromatic heterocycles. The minimum atomic E-state index is -0.823. The summed E-state index contributed by atoms with van der Waals surface area (Å²) in [6.45, 7) is 1.27. The van der Waals surface area contributed by atoms with Crippen molar-refractivity contribution in [3.05, 3.63) is 24.1 Å². The van der Waals surface area contributed by atoms with Gasteiger partial charge in [-0.3, -0.25) is 0 Å². The third-order valence-corrected chi connectivity index (χ3v) is 2.33. The van der Waals surface area contributed by atoms with Crippen LogP contribution in [0.5, 0.6) is 0 Å². The van der Waals surface area contributed by atoms with Gasteiger partial charge in [-0.15, -0.1) is 0 Å². The van der Waals surface area contributed by atoms with Crippen LogP contribution in [0, 0.1) is 0 Å². The lowest BCUT2D eigenvalue weighted by Crippen LogP contribution is -2.53. The summed E-state index contributed by atoms with van der Waals surface area (Å²) in [5, 5.41) is 3.08. The first-order chi connectivity index (χ1) is 7.30. The summed E-state index contributed by atoms with van der Waals surface area (Å²) in [5.41, 5.74) is -0.823. The van der Waals surface area contributed by atoms with Crippen LogP contribution in [0.15, 0.2) is 29.1 Å². The van der Waals surface area contributed by atoms with Gasteiger partial charge in [0.15, 0.2) is 5.88 Å². The first-order valence-corrected chi connectivity index (χ1v) is 4.75. The van der Waals surface area contributed by atoms with Crippen molar-refractivity contribution in [3.8, 4) is 0 Å². The largest absolute Gasteiger partial charge is 0.482 e. The first-order valence-electron chi connectivity index (χ1n) is 4.75. The molecule has 1 atom stereocenters. The lowest BCUT2D eigenvalue weighted by atomic mass is 10.1. The van der Waals surface area contributed by atoms with Crippen LogP contribution in [-0.2, 0) is 14.2 Å². The number of hydrogen-bond donors (Lipinski definition) is 1. The summed E-state index contributed by atoms with van der Waals surface area (Å²) in [7, 11) is 3.19. The summed E-state index contributed by atoms with van der Waals surface area (Å²) in [6, 6.07) is 0. The fourth-order valence-electron chi connectivity index (χ4n) is 1.55. The standard InChI is InChI=1S/C10H14N2O3/c1-13-8-4-3-5-10(12-8,14-2)9-11-6-7-15-9/h3-5,12H,6-7H2,1-2H3. The number of dihydropyridines is 1. The molecule has 2 rings (SSSR count). The maximum atomic E-state index is 5.42. The highest BCUT2D eigenvalue weighted by atomic mass is 16.6. The van der Waals surface area contributed by atoms with E-state index in [1.54, 1.807) is 14.2 Å². The molecule has 82 valence electrons. The summed E-state index contributed by atoms with van der Waals surface area (Å²) < 4.78 is 15.9. The van der Waals surface area contributed by atoms with Crippen LogP contribution < -0.4 is 5.32 Å². The SMILES string of the molecule is COC1=CC=CC(OC)(C2=NCCO2)N1. The molecule has 0 aromatic rings. The molecule has 0 spiro atoms. The van der Waals surface area contributed by atoms with Crippen molar-refractivity contribution in [2.24, 2.45) is 4.99 Å². The van der Waals surface area contributed by atoms with E-state index in [4.69, 9.17) is 14.2 Å². The van der Waals surface area contributed by atoms with E-state index in [9.17, 15) is 0 Å². The zero-order valence-electron chi connectivity index (χ0n) is 8.82. The van der Waals surface area contributed by atoms with Crippen LogP contribution in [0.3, 0.4) is 0 Å². The van der Waals surface area contributed by atoms with Crippen LogP contribution in [0.4, 0.5) is 0 Å². The molecule has 5 heteroatoms. The molecule has 2 aliphatic rings. The van der Waals surface area contributed by atoms with E-state index in [0.29, 0.717) is 24.9 Å². The predicted molar refractivity (Wildman–Crippen MR) is 55.4 cm³/mol. The summed E-state index contributed by atoms with van der Waals surface area (Å²) >= 11 is 0. The number of hydrogen-bond acceptors (Lipinski definition) is 5. The number of allylic oxidation sites excluding steroid dienone is 2. The van der Waals surface area contributed by atoms with Crippen molar-refractivity contribution < 1.29 is 14.2 Å². The van der Waals surface area contributed by atoms with Crippen molar-refractivity contribution in [1.82, 2.24) is 5.32 Å². The molecule has 0 aromatic carbocycles. The van der Waals surface area contributed by atoms with E-state index in [1.807, 2.05) is 18.2 Å². The van der Waals surface area contributed by atoms with Gasteiger partial charge in [0.2, 0.25) is 11.6 Å². The Kier molecular flexibility index (Phi) is 2.64. The molecule has 5 nitrogen and oxygen atoms in total. The lowest BCUT2D eigenvalue weighted by molar-refractivity contribution is 0.0333. The molecule has 1 N–H and O–H groups in total. The molecule has 0 aliphatic carbocycles. The van der Waals surface area contributed by atoms with E-state index in [1.165, 1.54) is 0 Å². The smallest absolute Gasteiger partial charge is 0.243 e. The van der Waals surface area contributed by atoms with Gasteiger partial charge in [0.25, 0.3) is 0 Å². The second-order valence-electron chi connectivity index (χ2n) is 3.19. The highest BCUT2D eigenvalue weighted by molar-refractivity contribution is 5.88. The average Bonchev–Trinajstić information content (AvgIpc) is 2.83. The highest BCUT2D eigenvalue weighted by Crippen LogP contribution is 2.20. The minimum absolute atomic E-state index is 0.545. The molecule has 2 heterocycles. The van der Waals surface area contributed by atoms with Gasteiger partial charge in [-0.2, -0.15) is 0 Å². The van der Waals surface area contributed by atoms with Gasteiger partial charge in [-0.1, -0.05) is 6.08 Å². The zero-order valence-corrected chi connectivity index (χ0v) is 8.82. The average molecular weight is 210 g/mol. The van der Waals surface area contributed by atoms with E-state index >= 15 is 0 Å². The Hall–Kier alpha value is -1.49. The third kappa shape index (κ3) is 1.70. The monoisotopic (exact) mass is 210 g/mol. The van der Waals surface area contributed by atoms with Crippen molar-refractivity contribution in [1.29, 1.82) is 0 Å². The Bertz CT molecular complexity index is 336. The molecule has 15 heavy (non-hydrogen) atoms. The van der Waals surface area contributed by atoms with Crippen molar-refractivity contribution in [2.75, 3.05) is 27.4 Å². The van der Waals surface area contributed by atoms with Crippen LogP contribution in [0.2, 0.25) is 0 Å². The first kappa shape index (κ1) is 10.0. The molecular formula is C10H14N2O3. The Morgan fingerprint density at radius 2 is 2.40 bits per heavy atom. The van der Waals surface area contributed by atoms with Gasteiger partial charge in [-0.05, 0) is 12.2 Å². The molecule has 0 bridgehead atoms. The molecule has 0 amide bonds. The molecule has 0 saturated carbocycles. The molecule has 1 unspecified atom stereocenters. The lowest BCUT2D eigenvalue weighted by Gasteiger charge is -2.32. The van der Waals surface area contributed by atoms with Crippen LogP contribution in [0.25, 0.3) is 0 Å². The molecular weight excluding hydrogens is 196 g/mol. The third-order valence-electron chi connectivity index (χ3n) is 2.33. The topological polar surface area (TPSA) is 52.1 Å². The predicted octanol–water partition coefficient (Wildman–Crippen LogP) is 0.405. The molecule has 0 fully saturated rings. The zero-order chi connectivity index (χ0) is 10.7. The second-order valence-corrected chi connectivity index (χ2v) is 3.19. The Balaban J connectivity index is 2.24. The van der Waals surface area contributed by atoms with Gasteiger partial charge in [-0.25, -0.2) is 4.99 Å². The number of methoxy groups -OCH3 is 2. The van der Waals surface area contributed by atoms with Crippen LogP contribution in [0.1, 0.15) is 0 Å². The van der Waals surface area contributed by atoms with E-state index in [0.717, 1.165) is 0 Å². The van der Waals surface area contributed by atoms with Gasteiger partial charge in [0.05, 0.1) is 13.7 Å². The van der Waals surface area contributed by atoms with Crippen molar-refractivity contribution in [2.45, 2.75) is 5.72 Å². The summed E-state index contributed by atoms with van der Waals surface area (Å²) in [4.78, 5) is 4.24. The number of aliphatic imine (C=N–C) groups is 1. The Morgan fingerprint density at radius 3 is 3.00 bits per heavy atom. The minimum Gasteiger partial charge on any atom is -0.482 e. The van der Waals surface area contributed by atoms with E-state index in [2.05, 4.69) is 10.3 Å². The number of nitrogens with one attached hydrogen (secondary N) is 1. The van der Waals surface area contributed by atoms with Crippen LogP contribution in [-0.4, -0.2) is 39.0 Å². The van der Waals surface area contributed by atoms with Gasteiger partial charge in [0, 0.05) is 7.11 Å². The fraction of sp³-hybridized carbons (Fsp3) is 0.500. The second kappa shape index (κ2) is 3.94. The molecule has 0 saturated heterocycles. The molecule has 2 aliphatic heterocycles. The quantitative estimate of drug-likeness (QED) is 0.732. The number of nitrogens with zero attached hydrogens (tertiary/aromatic N) is 1.